The van der Waals surface area contributed by atoms with Crippen molar-refractivity contribution in [2.45, 2.75) is 18.9 Å². The van der Waals surface area contributed by atoms with Crippen LogP contribution in [0.4, 0.5) is 0 Å². The molecule has 0 radical (unpaired) electrons. The molecule has 1 aliphatic rings. The molecule has 2 aromatic carbocycles. The summed E-state index contributed by atoms with van der Waals surface area (Å²) in [5, 5.41) is 11.6. The fourth-order valence-corrected chi connectivity index (χ4v) is 3.69. The summed E-state index contributed by atoms with van der Waals surface area (Å²) in [4.78, 5) is 29.5. The Labute approximate surface area is 162 Å². The minimum absolute atomic E-state index is 0.272. The number of rotatable bonds is 4. The van der Waals surface area contributed by atoms with Crippen LogP contribution in [0, 0.1) is 0 Å². The van der Waals surface area contributed by atoms with Gasteiger partial charge >= 0.3 is 5.97 Å². The van der Waals surface area contributed by atoms with Crippen molar-refractivity contribution in [1.82, 2.24) is 9.88 Å². The minimum Gasteiger partial charge on any atom is -0.480 e. The second kappa shape index (κ2) is 7.64. The van der Waals surface area contributed by atoms with E-state index in [1.807, 2.05) is 24.3 Å². The van der Waals surface area contributed by atoms with E-state index in [4.69, 9.17) is 0 Å². The Balaban J connectivity index is 1.63. The van der Waals surface area contributed by atoms with Crippen LogP contribution in [-0.4, -0.2) is 39.5 Å². The van der Waals surface area contributed by atoms with Gasteiger partial charge in [0, 0.05) is 30.6 Å². The number of pyridine rings is 1. The van der Waals surface area contributed by atoms with Crippen molar-refractivity contribution < 1.29 is 14.7 Å². The van der Waals surface area contributed by atoms with Gasteiger partial charge in [-0.05, 0) is 52.9 Å². The highest BCUT2D eigenvalue weighted by Gasteiger charge is 2.32. The number of carbonyl (C=O) groups excluding carboxylic acids is 1. The molecular formula is C23H20N2O3. The highest BCUT2D eigenvalue weighted by atomic mass is 16.4. The largest absolute Gasteiger partial charge is 0.480 e. The number of carboxylic acids is 1. The summed E-state index contributed by atoms with van der Waals surface area (Å²) in [6, 6.07) is 15.5. The standard InChI is InChI=1S/C23H20N2O3/c26-22(25-13-3-6-21(25)23(27)28)10-9-17-11-12-24-15-20(17)19-8-7-16-4-1-2-5-18(16)14-19/h1-2,4-5,7-12,14-15,21H,3,6,13H2,(H,27,28)/b10-9+/t21-/m0/s1. The molecule has 1 saturated heterocycles. The van der Waals surface area contributed by atoms with Crippen LogP contribution in [0.5, 0.6) is 0 Å². The molecule has 140 valence electrons. The van der Waals surface area contributed by atoms with Crippen LogP contribution >= 0.6 is 0 Å². The Kier molecular flexibility index (Phi) is 4.89. The molecule has 1 N–H and O–H groups in total. The summed E-state index contributed by atoms with van der Waals surface area (Å²) >= 11 is 0. The van der Waals surface area contributed by atoms with Crippen LogP contribution in [0.3, 0.4) is 0 Å². The first-order chi connectivity index (χ1) is 13.6. The number of aliphatic carboxylic acids is 1. The van der Waals surface area contributed by atoms with Gasteiger partial charge in [0.1, 0.15) is 6.04 Å². The molecule has 28 heavy (non-hydrogen) atoms. The minimum atomic E-state index is -0.944. The number of carboxylic acid groups (broad SMARTS) is 1. The fraction of sp³-hybridized carbons (Fsp3) is 0.174. The van der Waals surface area contributed by atoms with Crippen molar-refractivity contribution in [3.8, 4) is 11.1 Å². The number of benzene rings is 2. The van der Waals surface area contributed by atoms with E-state index in [9.17, 15) is 14.7 Å². The molecule has 0 bridgehead atoms. The summed E-state index contributed by atoms with van der Waals surface area (Å²) in [5.74, 6) is -1.22. The molecule has 4 rings (SSSR count). The third kappa shape index (κ3) is 3.51. The van der Waals surface area contributed by atoms with Crippen LogP contribution < -0.4 is 0 Å². The summed E-state index contributed by atoms with van der Waals surface area (Å²) in [5.41, 5.74) is 2.81. The lowest BCUT2D eigenvalue weighted by Gasteiger charge is -2.19. The molecule has 0 aliphatic carbocycles. The van der Waals surface area contributed by atoms with Gasteiger partial charge in [0.2, 0.25) is 5.91 Å². The van der Waals surface area contributed by atoms with Gasteiger partial charge in [-0.3, -0.25) is 9.78 Å². The Bertz CT molecular complexity index is 1070. The van der Waals surface area contributed by atoms with Gasteiger partial charge in [0.05, 0.1) is 0 Å². The molecule has 5 nitrogen and oxygen atoms in total. The molecule has 3 aromatic rings. The average molecular weight is 372 g/mol. The van der Waals surface area contributed by atoms with Crippen molar-refractivity contribution in [1.29, 1.82) is 0 Å². The predicted octanol–water partition coefficient (Wildman–Crippen LogP) is 3.99. The maximum absolute atomic E-state index is 12.5. The van der Waals surface area contributed by atoms with E-state index in [1.54, 1.807) is 18.5 Å². The van der Waals surface area contributed by atoms with Crippen molar-refractivity contribution in [2.75, 3.05) is 6.54 Å². The molecule has 0 saturated carbocycles. The van der Waals surface area contributed by atoms with E-state index in [-0.39, 0.29) is 5.91 Å². The van der Waals surface area contributed by atoms with Crippen molar-refractivity contribution in [3.05, 3.63) is 72.6 Å². The Morgan fingerprint density at radius 3 is 2.75 bits per heavy atom. The first-order valence-corrected chi connectivity index (χ1v) is 9.28. The van der Waals surface area contributed by atoms with Gasteiger partial charge in [-0.15, -0.1) is 0 Å². The second-order valence-corrected chi connectivity index (χ2v) is 6.89. The lowest BCUT2D eigenvalue weighted by Crippen LogP contribution is -2.39. The van der Waals surface area contributed by atoms with E-state index < -0.39 is 12.0 Å². The summed E-state index contributed by atoms with van der Waals surface area (Å²) in [7, 11) is 0. The fourth-order valence-electron chi connectivity index (χ4n) is 3.69. The van der Waals surface area contributed by atoms with Crippen LogP contribution in [0.25, 0.3) is 28.0 Å². The molecular weight excluding hydrogens is 352 g/mol. The summed E-state index contributed by atoms with van der Waals surface area (Å²) in [6.45, 7) is 0.480. The van der Waals surface area contributed by atoms with Gasteiger partial charge in [0.15, 0.2) is 0 Å². The van der Waals surface area contributed by atoms with Crippen LogP contribution in [0.1, 0.15) is 18.4 Å². The van der Waals surface area contributed by atoms with Gasteiger partial charge in [-0.1, -0.05) is 36.4 Å². The molecule has 1 amide bonds. The van der Waals surface area contributed by atoms with E-state index >= 15 is 0 Å². The Hall–Kier alpha value is -3.47. The number of amides is 1. The summed E-state index contributed by atoms with van der Waals surface area (Å²) < 4.78 is 0. The van der Waals surface area contributed by atoms with Gasteiger partial charge in [-0.2, -0.15) is 0 Å². The summed E-state index contributed by atoms with van der Waals surface area (Å²) in [6.07, 6.45) is 7.89. The van der Waals surface area contributed by atoms with E-state index in [1.165, 1.54) is 11.0 Å². The number of likely N-dealkylation sites (tertiary alicyclic amines) is 1. The zero-order chi connectivity index (χ0) is 19.5. The number of fused-ring (bicyclic) bond motifs is 1. The Morgan fingerprint density at radius 1 is 1.11 bits per heavy atom. The quantitative estimate of drug-likeness (QED) is 0.703. The predicted molar refractivity (Wildman–Crippen MR) is 109 cm³/mol. The van der Waals surface area contributed by atoms with Gasteiger partial charge in [0.25, 0.3) is 0 Å². The zero-order valence-corrected chi connectivity index (χ0v) is 15.3. The molecule has 2 heterocycles. The Morgan fingerprint density at radius 2 is 1.93 bits per heavy atom. The van der Waals surface area contributed by atoms with E-state index in [0.29, 0.717) is 19.4 Å². The smallest absolute Gasteiger partial charge is 0.326 e. The van der Waals surface area contributed by atoms with Crippen LogP contribution in [0.2, 0.25) is 0 Å². The third-order valence-electron chi connectivity index (χ3n) is 5.14. The zero-order valence-electron chi connectivity index (χ0n) is 15.3. The molecule has 1 fully saturated rings. The van der Waals surface area contributed by atoms with Gasteiger partial charge < -0.3 is 10.0 Å². The van der Waals surface area contributed by atoms with Crippen LogP contribution in [-0.2, 0) is 9.59 Å². The maximum Gasteiger partial charge on any atom is 0.326 e. The molecule has 1 aliphatic heterocycles. The normalized spacial score (nSPS) is 16.7. The average Bonchev–Trinajstić information content (AvgIpc) is 3.22. The molecule has 1 aromatic heterocycles. The second-order valence-electron chi connectivity index (χ2n) is 6.89. The van der Waals surface area contributed by atoms with E-state index in [0.717, 1.165) is 27.5 Å². The highest BCUT2D eigenvalue weighted by Crippen LogP contribution is 2.27. The number of hydrogen-bond donors (Lipinski definition) is 1. The maximum atomic E-state index is 12.5. The number of nitrogens with zero attached hydrogens (tertiary/aromatic N) is 2. The molecule has 1 atom stereocenters. The SMILES string of the molecule is O=C(O)[C@@H]1CCCN1C(=O)/C=C/c1ccncc1-c1ccc2ccccc2c1. The van der Waals surface area contributed by atoms with Crippen molar-refractivity contribution in [3.63, 3.8) is 0 Å². The topological polar surface area (TPSA) is 70.5 Å². The number of aromatic nitrogens is 1. The highest BCUT2D eigenvalue weighted by molar-refractivity contribution is 5.96. The van der Waals surface area contributed by atoms with Crippen LogP contribution in [0.15, 0.2) is 67.0 Å². The first kappa shape index (κ1) is 17.9. The lowest BCUT2D eigenvalue weighted by molar-refractivity contribution is -0.146. The lowest BCUT2D eigenvalue weighted by atomic mass is 9.98. The monoisotopic (exact) mass is 372 g/mol. The van der Waals surface area contributed by atoms with Gasteiger partial charge in [-0.25, -0.2) is 4.79 Å². The molecule has 5 heteroatoms. The number of hydrogen-bond acceptors (Lipinski definition) is 3. The third-order valence-corrected chi connectivity index (χ3v) is 5.14. The van der Waals surface area contributed by atoms with Crippen molar-refractivity contribution in [2.24, 2.45) is 0 Å². The van der Waals surface area contributed by atoms with Crippen molar-refractivity contribution >= 4 is 28.7 Å². The molecule has 0 spiro atoms. The van der Waals surface area contributed by atoms with E-state index in [2.05, 4.69) is 29.2 Å². The molecule has 0 unspecified atom stereocenters. The number of carbonyl (C=O) groups is 2. The first-order valence-electron chi connectivity index (χ1n) is 9.28.